The number of allylic oxidation sites excluding steroid dienone is 12. The van der Waals surface area contributed by atoms with E-state index in [0.717, 1.165) is 38.5 Å². The lowest BCUT2D eigenvalue weighted by Crippen LogP contribution is -2.25. The zero-order valence-corrected chi connectivity index (χ0v) is 28.7. The van der Waals surface area contributed by atoms with Crippen LogP contribution < -0.4 is 14.8 Å². The third-order valence-corrected chi connectivity index (χ3v) is 6.68. The third kappa shape index (κ3) is 18.6. The molecule has 8 nitrogen and oxygen atoms in total. The van der Waals surface area contributed by atoms with Crippen molar-refractivity contribution in [1.29, 1.82) is 0 Å². The van der Waals surface area contributed by atoms with Crippen LogP contribution in [0.5, 0.6) is 11.5 Å². The van der Waals surface area contributed by atoms with Crippen molar-refractivity contribution in [3.63, 3.8) is 0 Å². The minimum Gasteiger partial charge on any atom is -0.462 e. The summed E-state index contributed by atoms with van der Waals surface area (Å²) in [6.07, 6.45) is 32.9. The van der Waals surface area contributed by atoms with E-state index in [1.165, 1.54) is 31.2 Å². The van der Waals surface area contributed by atoms with Gasteiger partial charge in [-0.05, 0) is 75.6 Å². The molecular formula is C41H49NO7. The maximum atomic E-state index is 12.8. The molecule has 1 amide bonds. The second kappa shape index (κ2) is 25.8. The summed E-state index contributed by atoms with van der Waals surface area (Å²) in [4.78, 5) is 49.0. The van der Waals surface area contributed by atoms with Crippen LogP contribution >= 0.6 is 0 Å². The van der Waals surface area contributed by atoms with Gasteiger partial charge in [0.25, 0.3) is 0 Å². The van der Waals surface area contributed by atoms with Gasteiger partial charge in [0.05, 0.1) is 6.61 Å². The van der Waals surface area contributed by atoms with Crippen LogP contribution in [0, 0.1) is 0 Å². The SMILES string of the molecule is CCC=CCC=CCC=CCC=CCC=CCC=CCCC(=O)NCCCOC(=O)c1ccccc1OC(=O)c1ccccc1OC(C)=O. The number of benzene rings is 2. The van der Waals surface area contributed by atoms with E-state index in [9.17, 15) is 19.2 Å². The molecule has 260 valence electrons. The van der Waals surface area contributed by atoms with E-state index in [1.54, 1.807) is 24.3 Å². The molecule has 0 heterocycles. The van der Waals surface area contributed by atoms with E-state index >= 15 is 0 Å². The Balaban J connectivity index is 1.57. The topological polar surface area (TPSA) is 108 Å². The average Bonchev–Trinajstić information content (AvgIpc) is 3.09. The van der Waals surface area contributed by atoms with Crippen molar-refractivity contribution >= 4 is 23.8 Å². The largest absolute Gasteiger partial charge is 0.462 e. The van der Waals surface area contributed by atoms with Crippen molar-refractivity contribution in [3.8, 4) is 11.5 Å². The van der Waals surface area contributed by atoms with Crippen LogP contribution in [0.1, 0.15) is 92.4 Å². The first kappa shape index (κ1) is 39.9. The summed E-state index contributed by atoms with van der Waals surface area (Å²) in [5, 5.41) is 2.83. The quantitative estimate of drug-likeness (QED) is 0.0578. The predicted octanol–water partition coefficient (Wildman–Crippen LogP) is 8.97. The van der Waals surface area contributed by atoms with Crippen molar-refractivity contribution in [2.45, 2.75) is 71.6 Å². The highest BCUT2D eigenvalue weighted by atomic mass is 16.6. The van der Waals surface area contributed by atoms with Crippen molar-refractivity contribution in [2.75, 3.05) is 13.2 Å². The molecule has 2 aromatic carbocycles. The molecule has 0 aliphatic heterocycles. The molecule has 0 fully saturated rings. The standard InChI is InChI=1S/C41H49NO7/c1-3-4-5-6-7-8-9-10-11-12-13-14-15-16-17-18-19-20-21-31-39(44)42-32-26-33-47-40(45)35-27-22-25-30-38(35)49-41(46)36-28-23-24-29-37(36)48-34(2)43/h4-5,7-8,10-11,13-14,16-17,19-20,22-25,27-30H,3,6,9,12,15,18,21,26,31-33H2,1-2H3,(H,42,44). The lowest BCUT2D eigenvalue weighted by Gasteiger charge is -2.12. The smallest absolute Gasteiger partial charge is 0.347 e. The maximum absolute atomic E-state index is 12.8. The molecule has 8 heteroatoms. The van der Waals surface area contributed by atoms with Gasteiger partial charge in [0.1, 0.15) is 22.6 Å². The highest BCUT2D eigenvalue weighted by Gasteiger charge is 2.20. The van der Waals surface area contributed by atoms with E-state index in [2.05, 4.69) is 79.1 Å². The lowest BCUT2D eigenvalue weighted by molar-refractivity contribution is -0.132. The first-order valence-electron chi connectivity index (χ1n) is 16.8. The number of ether oxygens (including phenoxy) is 3. The number of hydrogen-bond acceptors (Lipinski definition) is 7. The summed E-state index contributed by atoms with van der Waals surface area (Å²) in [5.74, 6) is -2.04. The molecular weight excluding hydrogens is 618 g/mol. The van der Waals surface area contributed by atoms with Crippen LogP contribution in [-0.4, -0.2) is 37.0 Å². The van der Waals surface area contributed by atoms with Gasteiger partial charge in [-0.25, -0.2) is 9.59 Å². The van der Waals surface area contributed by atoms with Gasteiger partial charge in [-0.2, -0.15) is 0 Å². The second-order valence-electron chi connectivity index (χ2n) is 10.8. The number of rotatable bonds is 22. The molecule has 2 aromatic rings. The number of esters is 3. The fourth-order valence-corrected chi connectivity index (χ4v) is 4.24. The number of para-hydroxylation sites is 2. The Morgan fingerprint density at radius 2 is 1.08 bits per heavy atom. The summed E-state index contributed by atoms with van der Waals surface area (Å²) in [6.45, 7) is 3.80. The summed E-state index contributed by atoms with van der Waals surface area (Å²) in [7, 11) is 0. The van der Waals surface area contributed by atoms with Gasteiger partial charge >= 0.3 is 17.9 Å². The van der Waals surface area contributed by atoms with Crippen LogP contribution in [0.3, 0.4) is 0 Å². The van der Waals surface area contributed by atoms with Gasteiger partial charge in [0.15, 0.2) is 0 Å². The molecule has 0 spiro atoms. The number of nitrogens with one attached hydrogen (secondary N) is 1. The first-order valence-corrected chi connectivity index (χ1v) is 16.8. The number of amides is 1. The Morgan fingerprint density at radius 3 is 1.61 bits per heavy atom. The summed E-state index contributed by atoms with van der Waals surface area (Å²) in [5.41, 5.74) is 0.110. The van der Waals surface area contributed by atoms with Gasteiger partial charge in [0, 0.05) is 19.9 Å². The Bertz CT molecular complexity index is 1500. The molecule has 0 bridgehead atoms. The zero-order chi connectivity index (χ0) is 35.4. The van der Waals surface area contributed by atoms with Crippen LogP contribution in [0.4, 0.5) is 0 Å². The summed E-state index contributed by atoms with van der Waals surface area (Å²) in [6, 6.07) is 12.4. The van der Waals surface area contributed by atoms with Gasteiger partial charge < -0.3 is 19.5 Å². The molecule has 0 saturated heterocycles. The molecule has 0 aliphatic carbocycles. The second-order valence-corrected chi connectivity index (χ2v) is 10.8. The van der Waals surface area contributed by atoms with E-state index in [1.807, 2.05) is 6.08 Å². The molecule has 0 radical (unpaired) electrons. The highest BCUT2D eigenvalue weighted by Crippen LogP contribution is 2.24. The number of hydrogen-bond donors (Lipinski definition) is 1. The average molecular weight is 668 g/mol. The zero-order valence-electron chi connectivity index (χ0n) is 28.7. The molecule has 1 N–H and O–H groups in total. The van der Waals surface area contributed by atoms with Crippen LogP contribution in [0.25, 0.3) is 0 Å². The Morgan fingerprint density at radius 1 is 0.612 bits per heavy atom. The molecule has 49 heavy (non-hydrogen) atoms. The molecule has 0 atom stereocenters. The van der Waals surface area contributed by atoms with Crippen LogP contribution in [0.2, 0.25) is 0 Å². The fraction of sp³-hybridized carbons (Fsp3) is 0.317. The summed E-state index contributed by atoms with van der Waals surface area (Å²) >= 11 is 0. The van der Waals surface area contributed by atoms with Crippen molar-refractivity contribution < 1.29 is 33.4 Å². The number of carbonyl (C=O) groups excluding carboxylic acids is 4. The van der Waals surface area contributed by atoms with E-state index in [-0.39, 0.29) is 35.1 Å². The van der Waals surface area contributed by atoms with E-state index in [0.29, 0.717) is 25.8 Å². The normalized spacial score (nSPS) is 11.8. The Labute approximate surface area is 290 Å². The van der Waals surface area contributed by atoms with Gasteiger partial charge in [-0.3, -0.25) is 9.59 Å². The van der Waals surface area contributed by atoms with Crippen molar-refractivity contribution in [2.24, 2.45) is 0 Å². The minimum atomic E-state index is -0.788. The van der Waals surface area contributed by atoms with E-state index < -0.39 is 17.9 Å². The predicted molar refractivity (Wildman–Crippen MR) is 195 cm³/mol. The lowest BCUT2D eigenvalue weighted by atomic mass is 10.2. The Kier molecular flexibility index (Phi) is 21.0. The number of carbonyl (C=O) groups is 4. The minimum absolute atomic E-state index is 0.0119. The fourth-order valence-electron chi connectivity index (χ4n) is 4.24. The monoisotopic (exact) mass is 667 g/mol. The van der Waals surface area contributed by atoms with Gasteiger partial charge in [-0.15, -0.1) is 0 Å². The van der Waals surface area contributed by atoms with Crippen LogP contribution in [0.15, 0.2) is 121 Å². The Hall–Kier alpha value is -5.24. The van der Waals surface area contributed by atoms with Crippen molar-refractivity contribution in [1.82, 2.24) is 5.32 Å². The van der Waals surface area contributed by atoms with Gasteiger partial charge in [-0.1, -0.05) is 104 Å². The van der Waals surface area contributed by atoms with Gasteiger partial charge in [0.2, 0.25) is 5.91 Å². The molecule has 0 saturated carbocycles. The summed E-state index contributed by atoms with van der Waals surface area (Å²) < 4.78 is 15.9. The van der Waals surface area contributed by atoms with Crippen molar-refractivity contribution in [3.05, 3.63) is 133 Å². The highest BCUT2D eigenvalue weighted by molar-refractivity contribution is 5.98. The molecule has 0 aliphatic rings. The third-order valence-electron chi connectivity index (χ3n) is 6.68. The first-order chi connectivity index (χ1) is 23.9. The maximum Gasteiger partial charge on any atom is 0.347 e. The molecule has 0 aromatic heterocycles. The molecule has 2 rings (SSSR count). The van der Waals surface area contributed by atoms with Crippen LogP contribution in [-0.2, 0) is 14.3 Å². The van der Waals surface area contributed by atoms with E-state index in [4.69, 9.17) is 14.2 Å². The molecule has 0 unspecified atom stereocenters.